The summed E-state index contributed by atoms with van der Waals surface area (Å²) in [5.41, 5.74) is 2.05. The third-order valence-corrected chi connectivity index (χ3v) is 3.86. The Morgan fingerprint density at radius 1 is 1.24 bits per heavy atom. The molecule has 0 saturated carbocycles. The maximum absolute atomic E-state index is 13.7. The summed E-state index contributed by atoms with van der Waals surface area (Å²) in [7, 11) is 1.45. The number of halogens is 2. The molecule has 0 unspecified atom stereocenters. The van der Waals surface area contributed by atoms with Crippen molar-refractivity contribution in [3.63, 3.8) is 0 Å². The molecule has 126 valence electrons. The van der Waals surface area contributed by atoms with Crippen LogP contribution in [0.15, 0.2) is 52.4 Å². The van der Waals surface area contributed by atoms with Crippen LogP contribution in [0.25, 0.3) is 10.8 Å². The first-order valence-corrected chi connectivity index (χ1v) is 7.60. The van der Waals surface area contributed by atoms with Crippen LogP contribution in [-0.2, 0) is 7.05 Å². The summed E-state index contributed by atoms with van der Waals surface area (Å²) in [6, 6.07) is 10.8. The van der Waals surface area contributed by atoms with Gasteiger partial charge >= 0.3 is 0 Å². The zero-order valence-corrected chi connectivity index (χ0v) is 13.8. The maximum atomic E-state index is 13.7. The van der Waals surface area contributed by atoms with Crippen LogP contribution in [0.2, 0.25) is 5.02 Å². The maximum Gasteiger partial charge on any atom is 0.292 e. The van der Waals surface area contributed by atoms with E-state index in [0.717, 1.165) is 10.9 Å². The number of amides is 1. The molecule has 2 aromatic carbocycles. The van der Waals surface area contributed by atoms with Crippen molar-refractivity contribution in [2.45, 2.75) is 0 Å². The molecule has 1 amide bonds. The number of hydrogen-bond donors (Lipinski definition) is 1. The number of nitrogens with zero attached hydrogens (tertiary/aromatic N) is 3. The predicted molar refractivity (Wildman–Crippen MR) is 93.5 cm³/mol. The highest BCUT2D eigenvalue weighted by Gasteiger charge is 2.15. The van der Waals surface area contributed by atoms with Crippen molar-refractivity contribution >= 4 is 34.5 Å². The molecule has 0 atom stereocenters. The van der Waals surface area contributed by atoms with Crippen LogP contribution in [0.1, 0.15) is 16.1 Å². The van der Waals surface area contributed by atoms with Gasteiger partial charge in [-0.2, -0.15) is 10.2 Å². The summed E-state index contributed by atoms with van der Waals surface area (Å²) in [4.78, 5) is 24.4. The zero-order valence-electron chi connectivity index (χ0n) is 13.0. The molecule has 6 nitrogen and oxygen atoms in total. The van der Waals surface area contributed by atoms with Gasteiger partial charge in [-0.1, -0.05) is 35.9 Å². The highest BCUT2D eigenvalue weighted by molar-refractivity contribution is 6.33. The molecule has 0 spiro atoms. The predicted octanol–water partition coefficient (Wildman–Crippen LogP) is 2.49. The molecule has 0 bridgehead atoms. The van der Waals surface area contributed by atoms with E-state index < -0.39 is 11.7 Å². The van der Waals surface area contributed by atoms with Gasteiger partial charge in [0.25, 0.3) is 11.5 Å². The zero-order chi connectivity index (χ0) is 18.0. The van der Waals surface area contributed by atoms with E-state index in [2.05, 4.69) is 15.6 Å². The average Bonchev–Trinajstić information content (AvgIpc) is 2.60. The molecule has 25 heavy (non-hydrogen) atoms. The van der Waals surface area contributed by atoms with Gasteiger partial charge in [0.05, 0.1) is 16.6 Å². The molecule has 0 saturated heterocycles. The van der Waals surface area contributed by atoms with E-state index in [1.807, 2.05) is 0 Å². The van der Waals surface area contributed by atoms with Crippen molar-refractivity contribution in [2.75, 3.05) is 0 Å². The minimum Gasteiger partial charge on any atom is -0.267 e. The van der Waals surface area contributed by atoms with Crippen molar-refractivity contribution in [3.05, 3.63) is 74.9 Å². The molecule has 3 aromatic rings. The monoisotopic (exact) mass is 358 g/mol. The summed E-state index contributed by atoms with van der Waals surface area (Å²) >= 11 is 5.88. The topological polar surface area (TPSA) is 76.3 Å². The first-order chi connectivity index (χ1) is 12.0. The van der Waals surface area contributed by atoms with Crippen LogP contribution >= 0.6 is 11.6 Å². The molecular weight excluding hydrogens is 347 g/mol. The lowest BCUT2D eigenvalue weighted by molar-refractivity contribution is 0.0950. The van der Waals surface area contributed by atoms with Gasteiger partial charge in [-0.05, 0) is 18.2 Å². The Bertz CT molecular complexity index is 1040. The van der Waals surface area contributed by atoms with Crippen molar-refractivity contribution in [3.8, 4) is 0 Å². The van der Waals surface area contributed by atoms with Crippen LogP contribution in [0.4, 0.5) is 4.39 Å². The van der Waals surface area contributed by atoms with Gasteiger partial charge in [-0.25, -0.2) is 14.5 Å². The number of aromatic nitrogens is 2. The second-order valence-electron chi connectivity index (χ2n) is 5.16. The van der Waals surface area contributed by atoms with Crippen molar-refractivity contribution in [1.29, 1.82) is 0 Å². The smallest absolute Gasteiger partial charge is 0.267 e. The van der Waals surface area contributed by atoms with Crippen molar-refractivity contribution in [1.82, 2.24) is 15.2 Å². The van der Waals surface area contributed by atoms with Gasteiger partial charge in [0.15, 0.2) is 5.69 Å². The molecule has 0 aliphatic carbocycles. The highest BCUT2D eigenvalue weighted by atomic mass is 35.5. The van der Waals surface area contributed by atoms with Gasteiger partial charge < -0.3 is 0 Å². The molecule has 3 rings (SSSR count). The van der Waals surface area contributed by atoms with Crippen molar-refractivity contribution in [2.24, 2.45) is 12.1 Å². The number of aryl methyl sites for hydroxylation is 1. The number of hydrogen-bond acceptors (Lipinski definition) is 4. The molecule has 1 N–H and O–H groups in total. The molecule has 0 fully saturated rings. The quantitative estimate of drug-likeness (QED) is 0.577. The Morgan fingerprint density at radius 2 is 1.96 bits per heavy atom. The second kappa shape index (κ2) is 6.82. The normalized spacial score (nSPS) is 11.2. The van der Waals surface area contributed by atoms with Crippen LogP contribution in [0.5, 0.6) is 0 Å². The number of carbonyl (C=O) groups is 1. The van der Waals surface area contributed by atoms with E-state index in [4.69, 9.17) is 11.6 Å². The van der Waals surface area contributed by atoms with Crippen LogP contribution in [0, 0.1) is 5.82 Å². The Labute approximate surface area is 146 Å². The largest absolute Gasteiger partial charge is 0.292 e. The second-order valence-corrected chi connectivity index (χ2v) is 5.56. The molecule has 0 aliphatic heterocycles. The molecule has 0 aliphatic rings. The number of carbonyl (C=O) groups excluding carboxylic acids is 1. The van der Waals surface area contributed by atoms with Gasteiger partial charge in [-0.3, -0.25) is 9.59 Å². The van der Waals surface area contributed by atoms with E-state index in [1.54, 1.807) is 24.3 Å². The van der Waals surface area contributed by atoms with Gasteiger partial charge in [-0.15, -0.1) is 0 Å². The number of nitrogens with one attached hydrogen (secondary N) is 1. The molecule has 1 aromatic heterocycles. The highest BCUT2D eigenvalue weighted by Crippen LogP contribution is 2.16. The summed E-state index contributed by atoms with van der Waals surface area (Å²) in [6.07, 6.45) is 1.11. The first-order valence-electron chi connectivity index (χ1n) is 7.22. The van der Waals surface area contributed by atoms with E-state index >= 15 is 0 Å². The first kappa shape index (κ1) is 16.8. The molecule has 0 radical (unpaired) electrons. The fourth-order valence-electron chi connectivity index (χ4n) is 2.31. The lowest BCUT2D eigenvalue weighted by Crippen LogP contribution is -2.27. The molecule has 1 heterocycles. The number of fused-ring (bicyclic) bond motifs is 1. The lowest BCUT2D eigenvalue weighted by Gasteiger charge is -2.06. The van der Waals surface area contributed by atoms with Crippen LogP contribution in [-0.4, -0.2) is 21.9 Å². The van der Waals surface area contributed by atoms with E-state index in [9.17, 15) is 14.0 Å². The fraction of sp³-hybridized carbons (Fsp3) is 0.0588. The summed E-state index contributed by atoms with van der Waals surface area (Å²) in [6.45, 7) is 0. The third-order valence-electron chi connectivity index (χ3n) is 3.53. The minimum atomic E-state index is -0.629. The third kappa shape index (κ3) is 3.27. The summed E-state index contributed by atoms with van der Waals surface area (Å²) < 4.78 is 14.7. The van der Waals surface area contributed by atoms with Crippen LogP contribution < -0.4 is 11.0 Å². The SMILES string of the molecule is Cn1nc(C(=O)N/N=C\c2c(F)cccc2Cl)c2ccccc2c1=O. The van der Waals surface area contributed by atoms with E-state index in [1.165, 1.54) is 25.2 Å². The van der Waals surface area contributed by atoms with Gasteiger partial charge in [0.2, 0.25) is 0 Å². The lowest BCUT2D eigenvalue weighted by atomic mass is 10.1. The van der Waals surface area contributed by atoms with E-state index in [-0.39, 0.29) is 21.8 Å². The van der Waals surface area contributed by atoms with Crippen molar-refractivity contribution < 1.29 is 9.18 Å². The Hall–Kier alpha value is -3.06. The summed E-state index contributed by atoms with van der Waals surface area (Å²) in [5, 5.41) is 8.64. The Kier molecular flexibility index (Phi) is 4.58. The van der Waals surface area contributed by atoms with Gasteiger partial charge in [0, 0.05) is 18.0 Å². The number of benzene rings is 2. The van der Waals surface area contributed by atoms with E-state index in [0.29, 0.717) is 10.8 Å². The minimum absolute atomic E-state index is 0.0366. The van der Waals surface area contributed by atoms with Gasteiger partial charge in [0.1, 0.15) is 5.82 Å². The number of hydrazone groups is 1. The number of rotatable bonds is 3. The van der Waals surface area contributed by atoms with Crippen LogP contribution in [0.3, 0.4) is 0 Å². The fourth-order valence-corrected chi connectivity index (χ4v) is 2.52. The molecule has 8 heteroatoms. The average molecular weight is 359 g/mol. The molecular formula is C17H12ClFN4O2. The Balaban J connectivity index is 1.92. The standard InChI is InChI=1S/C17H12ClFN4O2/c1-23-17(25)11-6-3-2-5-10(11)15(22-23)16(24)21-20-9-12-13(18)7-4-8-14(12)19/h2-9H,1H3,(H,21,24)/b20-9-. The summed E-state index contributed by atoms with van der Waals surface area (Å²) in [5.74, 6) is -1.19. The Morgan fingerprint density at radius 3 is 2.68 bits per heavy atom.